The Hall–Kier alpha value is -3.36. The Morgan fingerprint density at radius 1 is 1.15 bits per heavy atom. The molecule has 0 radical (unpaired) electrons. The largest absolute Gasteiger partial charge is 0.482 e. The summed E-state index contributed by atoms with van der Waals surface area (Å²) >= 11 is 5.97. The number of fused-ring (bicyclic) bond motifs is 1. The van der Waals surface area contributed by atoms with E-state index in [4.69, 9.17) is 30.2 Å². The van der Waals surface area contributed by atoms with E-state index in [-0.39, 0.29) is 29.6 Å². The van der Waals surface area contributed by atoms with Gasteiger partial charge >= 0.3 is 11.6 Å². The maximum absolute atomic E-state index is 12.4. The minimum atomic E-state index is -0.780. The molecule has 1 aliphatic rings. The predicted octanol–water partition coefficient (Wildman–Crippen LogP) is 3.65. The summed E-state index contributed by atoms with van der Waals surface area (Å²) in [6, 6.07) is 11.1. The molecule has 8 nitrogen and oxygen atoms in total. The molecule has 0 saturated carbocycles. The highest BCUT2D eigenvalue weighted by Crippen LogP contribution is 2.23. The molecule has 1 aromatic heterocycles. The summed E-state index contributed by atoms with van der Waals surface area (Å²) in [6.07, 6.45) is 1.79. The zero-order chi connectivity index (χ0) is 23.4. The van der Waals surface area contributed by atoms with E-state index < -0.39 is 17.5 Å². The summed E-state index contributed by atoms with van der Waals surface area (Å²) in [5, 5.41) is 3.82. The molecular weight excluding hydrogens is 450 g/mol. The van der Waals surface area contributed by atoms with Gasteiger partial charge in [0.15, 0.2) is 6.61 Å². The molecule has 0 spiro atoms. The number of hydrogen-bond donors (Lipinski definition) is 1. The molecule has 1 saturated heterocycles. The highest BCUT2D eigenvalue weighted by Gasteiger charge is 2.19. The van der Waals surface area contributed by atoms with Crippen LogP contribution < -0.4 is 20.4 Å². The first kappa shape index (κ1) is 22.8. The normalized spacial score (nSPS) is 15.4. The molecule has 33 heavy (non-hydrogen) atoms. The van der Waals surface area contributed by atoms with Crippen molar-refractivity contribution in [3.05, 3.63) is 69.0 Å². The Morgan fingerprint density at radius 3 is 2.73 bits per heavy atom. The molecule has 2 aromatic carbocycles. The number of rotatable bonds is 7. The van der Waals surface area contributed by atoms with Gasteiger partial charge in [-0.05, 0) is 61.7 Å². The molecule has 0 aliphatic carbocycles. The third kappa shape index (κ3) is 5.71. The van der Waals surface area contributed by atoms with Crippen LogP contribution in [0.5, 0.6) is 11.5 Å². The monoisotopic (exact) mass is 471 g/mol. The molecule has 1 aliphatic heterocycles. The molecule has 1 fully saturated rings. The van der Waals surface area contributed by atoms with E-state index in [1.54, 1.807) is 30.3 Å². The highest BCUT2D eigenvalue weighted by molar-refractivity contribution is 6.31. The minimum Gasteiger partial charge on any atom is -0.482 e. The Labute approximate surface area is 194 Å². The molecule has 0 bridgehead atoms. The van der Waals surface area contributed by atoms with Crippen molar-refractivity contribution in [1.29, 1.82) is 0 Å². The quantitative estimate of drug-likeness (QED) is 0.318. The van der Waals surface area contributed by atoms with Crippen LogP contribution in [0.15, 0.2) is 51.7 Å². The second-order valence-electron chi connectivity index (χ2n) is 7.67. The van der Waals surface area contributed by atoms with Crippen LogP contribution in [0.25, 0.3) is 11.0 Å². The number of esters is 1. The standard InChI is InChI=1S/C24H22ClNO7/c1-14-9-16(6-7-20(14)25)31-13-22(27)32-17-5-4-15-10-19(24(29)33-21(15)11-17)23(28)26-12-18-3-2-8-30-18/h4-7,9-11,18H,2-3,8,12-13H2,1H3,(H,26,28). The van der Waals surface area contributed by atoms with Crippen molar-refractivity contribution in [3.63, 3.8) is 0 Å². The maximum atomic E-state index is 12.4. The van der Waals surface area contributed by atoms with Gasteiger partial charge in [-0.15, -0.1) is 0 Å². The lowest BCUT2D eigenvalue weighted by molar-refractivity contribution is -0.136. The van der Waals surface area contributed by atoms with Crippen molar-refractivity contribution in [2.45, 2.75) is 25.9 Å². The summed E-state index contributed by atoms with van der Waals surface area (Å²) in [5.74, 6) is -0.480. The van der Waals surface area contributed by atoms with Gasteiger partial charge in [-0.3, -0.25) is 4.79 Å². The van der Waals surface area contributed by atoms with Gasteiger partial charge in [0.25, 0.3) is 5.91 Å². The van der Waals surface area contributed by atoms with Gasteiger partial charge in [0.1, 0.15) is 22.6 Å². The zero-order valence-electron chi connectivity index (χ0n) is 17.9. The van der Waals surface area contributed by atoms with Crippen molar-refractivity contribution in [2.24, 2.45) is 0 Å². The second-order valence-corrected chi connectivity index (χ2v) is 8.07. The molecule has 3 aromatic rings. The summed E-state index contributed by atoms with van der Waals surface area (Å²) in [6.45, 7) is 2.53. The lowest BCUT2D eigenvalue weighted by Gasteiger charge is -2.11. The number of carbonyl (C=O) groups is 2. The first-order valence-corrected chi connectivity index (χ1v) is 10.8. The third-order valence-electron chi connectivity index (χ3n) is 5.18. The van der Waals surface area contributed by atoms with E-state index in [2.05, 4.69) is 5.32 Å². The van der Waals surface area contributed by atoms with Crippen LogP contribution in [0.2, 0.25) is 5.02 Å². The molecule has 1 unspecified atom stereocenters. The van der Waals surface area contributed by atoms with E-state index in [1.807, 2.05) is 6.92 Å². The number of carbonyl (C=O) groups excluding carboxylic acids is 2. The van der Waals surface area contributed by atoms with Crippen molar-refractivity contribution >= 4 is 34.4 Å². The molecular formula is C24H22ClNO7. The van der Waals surface area contributed by atoms with Gasteiger partial charge in [-0.1, -0.05) is 11.6 Å². The topological polar surface area (TPSA) is 104 Å². The molecule has 1 N–H and O–H groups in total. The van der Waals surface area contributed by atoms with Gasteiger partial charge in [-0.25, -0.2) is 9.59 Å². The van der Waals surface area contributed by atoms with Crippen LogP contribution in [0.3, 0.4) is 0 Å². The van der Waals surface area contributed by atoms with Gasteiger partial charge in [0.05, 0.1) is 6.10 Å². The molecule has 2 heterocycles. The van der Waals surface area contributed by atoms with Crippen molar-refractivity contribution in [2.75, 3.05) is 19.8 Å². The summed E-state index contributed by atoms with van der Waals surface area (Å²) in [4.78, 5) is 36.8. The number of benzene rings is 2. The van der Waals surface area contributed by atoms with E-state index in [1.165, 1.54) is 12.1 Å². The minimum absolute atomic E-state index is 0.0358. The fourth-order valence-corrected chi connectivity index (χ4v) is 3.55. The SMILES string of the molecule is Cc1cc(OCC(=O)Oc2ccc3cc(C(=O)NCC4CCCO4)c(=O)oc3c2)ccc1Cl. The molecule has 1 amide bonds. The first-order valence-electron chi connectivity index (χ1n) is 10.5. The summed E-state index contributed by atoms with van der Waals surface area (Å²) < 4.78 is 21.4. The number of halogens is 1. The molecule has 1 atom stereocenters. The third-order valence-corrected chi connectivity index (χ3v) is 5.61. The number of amides is 1. The zero-order valence-corrected chi connectivity index (χ0v) is 18.6. The summed E-state index contributed by atoms with van der Waals surface area (Å²) in [5.41, 5.74) is 0.136. The molecule has 9 heteroatoms. The van der Waals surface area contributed by atoms with Gasteiger partial charge in [-0.2, -0.15) is 0 Å². The lowest BCUT2D eigenvalue weighted by atomic mass is 10.1. The Kier molecular flexibility index (Phi) is 6.96. The number of aryl methyl sites for hydroxylation is 1. The van der Waals surface area contributed by atoms with Crippen molar-refractivity contribution in [3.8, 4) is 11.5 Å². The van der Waals surface area contributed by atoms with Gasteiger partial charge in [0, 0.05) is 29.6 Å². The van der Waals surface area contributed by atoms with Crippen LogP contribution in [-0.2, 0) is 9.53 Å². The lowest BCUT2D eigenvalue weighted by Crippen LogP contribution is -2.34. The Bertz CT molecular complexity index is 1250. The van der Waals surface area contributed by atoms with E-state index in [0.717, 1.165) is 18.4 Å². The van der Waals surface area contributed by atoms with Crippen LogP contribution in [0.4, 0.5) is 0 Å². The highest BCUT2D eigenvalue weighted by atomic mass is 35.5. The fourth-order valence-electron chi connectivity index (χ4n) is 3.43. The smallest absolute Gasteiger partial charge is 0.349 e. The van der Waals surface area contributed by atoms with Gasteiger partial charge < -0.3 is 23.9 Å². The second kappa shape index (κ2) is 10.1. The Morgan fingerprint density at radius 2 is 1.97 bits per heavy atom. The van der Waals surface area contributed by atoms with Gasteiger partial charge in [0.2, 0.25) is 0 Å². The van der Waals surface area contributed by atoms with Crippen LogP contribution in [0.1, 0.15) is 28.8 Å². The van der Waals surface area contributed by atoms with Crippen molar-refractivity contribution < 1.29 is 28.2 Å². The summed E-state index contributed by atoms with van der Waals surface area (Å²) in [7, 11) is 0. The van der Waals surface area contributed by atoms with Crippen LogP contribution in [0, 0.1) is 6.92 Å². The average Bonchev–Trinajstić information content (AvgIpc) is 3.31. The number of hydrogen-bond acceptors (Lipinski definition) is 7. The Balaban J connectivity index is 1.39. The number of nitrogens with one attached hydrogen (secondary N) is 1. The predicted molar refractivity (Wildman–Crippen MR) is 121 cm³/mol. The van der Waals surface area contributed by atoms with E-state index in [0.29, 0.717) is 29.3 Å². The van der Waals surface area contributed by atoms with E-state index in [9.17, 15) is 14.4 Å². The first-order chi connectivity index (χ1) is 15.9. The maximum Gasteiger partial charge on any atom is 0.349 e. The average molecular weight is 472 g/mol. The number of ether oxygens (including phenoxy) is 3. The fraction of sp³-hybridized carbons (Fsp3) is 0.292. The molecule has 172 valence electrons. The molecule has 4 rings (SSSR count). The van der Waals surface area contributed by atoms with Crippen molar-refractivity contribution in [1.82, 2.24) is 5.32 Å². The van der Waals surface area contributed by atoms with Crippen LogP contribution in [-0.4, -0.2) is 37.7 Å². The van der Waals surface area contributed by atoms with E-state index >= 15 is 0 Å². The van der Waals surface area contributed by atoms with Crippen LogP contribution >= 0.6 is 11.6 Å².